The minimum Gasteiger partial charge on any atom is -0.466 e. The minimum absolute atomic E-state index is 0.0411. The predicted octanol–water partition coefficient (Wildman–Crippen LogP) is 2.11. The fourth-order valence-corrected chi connectivity index (χ4v) is 2.08. The topological polar surface area (TPSA) is 103 Å². The third-order valence-corrected chi connectivity index (χ3v) is 3.32. The Balaban J connectivity index is 3.82. The Morgan fingerprint density at radius 3 is 2.15 bits per heavy atom. The number of methoxy groups -OCH3 is 2. The maximum atomic E-state index is 12.3. The Labute approximate surface area is 151 Å². The molecule has 1 aromatic rings. The molecular formula is C19H19NO6. The summed E-state index contributed by atoms with van der Waals surface area (Å²) in [7, 11) is 2.26. The van der Waals surface area contributed by atoms with Crippen LogP contribution in [-0.4, -0.2) is 38.7 Å². The maximum absolute atomic E-state index is 12.3. The lowest BCUT2D eigenvalue weighted by molar-refractivity contribution is -0.138. The first-order valence-electron chi connectivity index (χ1n) is 7.66. The van der Waals surface area contributed by atoms with Crippen molar-refractivity contribution in [2.45, 2.75) is 13.8 Å². The van der Waals surface area contributed by atoms with Gasteiger partial charge in [0, 0.05) is 11.6 Å². The molecule has 1 rings (SSSR count). The Kier molecular flexibility index (Phi) is 7.77. The highest BCUT2D eigenvalue weighted by Gasteiger charge is 2.26. The van der Waals surface area contributed by atoms with E-state index in [2.05, 4.69) is 4.74 Å². The number of rotatable bonds is 6. The van der Waals surface area contributed by atoms with Crippen LogP contribution in [0.15, 0.2) is 41.5 Å². The van der Waals surface area contributed by atoms with Crippen LogP contribution in [0.4, 0.5) is 0 Å². The van der Waals surface area contributed by atoms with Crippen LogP contribution in [0.1, 0.15) is 18.1 Å². The van der Waals surface area contributed by atoms with E-state index in [9.17, 15) is 19.6 Å². The highest BCUT2D eigenvalue weighted by Crippen LogP contribution is 2.29. The van der Waals surface area contributed by atoms with Crippen LogP contribution < -0.4 is 0 Å². The largest absolute Gasteiger partial charge is 0.466 e. The van der Waals surface area contributed by atoms with Crippen molar-refractivity contribution in [2.24, 2.45) is 0 Å². The average molecular weight is 357 g/mol. The first kappa shape index (κ1) is 20.6. The van der Waals surface area contributed by atoms with Gasteiger partial charge in [0.05, 0.1) is 26.4 Å². The van der Waals surface area contributed by atoms with Crippen LogP contribution in [0.25, 0.3) is 5.57 Å². The van der Waals surface area contributed by atoms with Gasteiger partial charge in [-0.3, -0.25) is 0 Å². The standard InChI is InChI=1S/C19H19NO6/c1-5-26-19(23)15(11-20)17(13-8-6-12(2)7-9-13)14(18(22)25-4)10-16(21)24-3/h6-10H,5H2,1-4H3/b14-10+,17-15-. The lowest BCUT2D eigenvalue weighted by Crippen LogP contribution is -2.15. The van der Waals surface area contributed by atoms with Crippen LogP contribution in [0.5, 0.6) is 0 Å². The summed E-state index contributed by atoms with van der Waals surface area (Å²) in [5, 5.41) is 9.50. The third-order valence-electron chi connectivity index (χ3n) is 3.32. The van der Waals surface area contributed by atoms with Crippen molar-refractivity contribution in [3.8, 4) is 6.07 Å². The van der Waals surface area contributed by atoms with E-state index < -0.39 is 23.5 Å². The first-order valence-corrected chi connectivity index (χ1v) is 7.66. The SMILES string of the molecule is CCOC(=O)/C(C#N)=C(\C(=C/C(=O)OC)C(=O)OC)c1ccc(C)cc1. The van der Waals surface area contributed by atoms with Gasteiger partial charge in [-0.25, -0.2) is 14.4 Å². The molecule has 7 heteroatoms. The van der Waals surface area contributed by atoms with Crippen LogP contribution in [0, 0.1) is 18.3 Å². The van der Waals surface area contributed by atoms with Gasteiger partial charge in [-0.15, -0.1) is 0 Å². The predicted molar refractivity (Wildman–Crippen MR) is 92.5 cm³/mol. The molecule has 0 N–H and O–H groups in total. The van der Waals surface area contributed by atoms with E-state index in [0.29, 0.717) is 5.56 Å². The molecule has 0 aliphatic heterocycles. The molecule has 0 unspecified atom stereocenters. The number of carbonyl (C=O) groups is 3. The Bertz CT molecular complexity index is 796. The van der Waals surface area contributed by atoms with Crippen molar-refractivity contribution in [1.82, 2.24) is 0 Å². The lowest BCUT2D eigenvalue weighted by Gasteiger charge is -2.13. The molecule has 26 heavy (non-hydrogen) atoms. The average Bonchev–Trinajstić information content (AvgIpc) is 2.64. The zero-order valence-electron chi connectivity index (χ0n) is 15.0. The Morgan fingerprint density at radius 1 is 1.08 bits per heavy atom. The Hall–Kier alpha value is -3.40. The molecule has 0 saturated heterocycles. The molecule has 0 aliphatic rings. The molecule has 0 spiro atoms. The van der Waals surface area contributed by atoms with E-state index in [0.717, 1.165) is 25.9 Å². The summed E-state index contributed by atoms with van der Waals surface area (Å²) in [6.07, 6.45) is 0.873. The van der Waals surface area contributed by atoms with Crippen LogP contribution in [0.3, 0.4) is 0 Å². The molecule has 0 bridgehead atoms. The van der Waals surface area contributed by atoms with Gasteiger partial charge in [0.1, 0.15) is 11.6 Å². The van der Waals surface area contributed by atoms with E-state index in [-0.39, 0.29) is 17.8 Å². The molecule has 0 heterocycles. The van der Waals surface area contributed by atoms with Crippen molar-refractivity contribution >= 4 is 23.5 Å². The maximum Gasteiger partial charge on any atom is 0.349 e. The number of nitrogens with zero attached hydrogens (tertiary/aromatic N) is 1. The number of aryl methyl sites for hydroxylation is 1. The van der Waals surface area contributed by atoms with Gasteiger partial charge in [0.2, 0.25) is 0 Å². The molecule has 0 radical (unpaired) electrons. The molecule has 136 valence electrons. The van der Waals surface area contributed by atoms with Gasteiger partial charge in [-0.05, 0) is 19.4 Å². The summed E-state index contributed by atoms with van der Waals surface area (Å²) < 4.78 is 14.2. The molecule has 0 atom stereocenters. The number of ether oxygens (including phenoxy) is 3. The zero-order valence-corrected chi connectivity index (χ0v) is 15.0. The molecule has 1 aromatic carbocycles. The summed E-state index contributed by atoms with van der Waals surface area (Å²) in [6.45, 7) is 3.48. The van der Waals surface area contributed by atoms with Gasteiger partial charge < -0.3 is 14.2 Å². The number of carbonyl (C=O) groups excluding carboxylic acids is 3. The zero-order chi connectivity index (χ0) is 19.7. The number of nitriles is 1. The van der Waals surface area contributed by atoms with Gasteiger partial charge in [0.15, 0.2) is 0 Å². The smallest absolute Gasteiger partial charge is 0.349 e. The van der Waals surface area contributed by atoms with Gasteiger partial charge in [0.25, 0.3) is 0 Å². The molecule has 0 fully saturated rings. The van der Waals surface area contributed by atoms with Crippen molar-refractivity contribution in [2.75, 3.05) is 20.8 Å². The quantitative estimate of drug-likeness (QED) is 0.252. The number of esters is 3. The van der Waals surface area contributed by atoms with E-state index >= 15 is 0 Å². The van der Waals surface area contributed by atoms with Crippen molar-refractivity contribution in [1.29, 1.82) is 5.26 Å². The summed E-state index contributed by atoms with van der Waals surface area (Å²) >= 11 is 0. The van der Waals surface area contributed by atoms with Gasteiger partial charge in [-0.1, -0.05) is 29.8 Å². The summed E-state index contributed by atoms with van der Waals surface area (Å²) in [4.78, 5) is 36.2. The third kappa shape index (κ3) is 5.05. The van der Waals surface area contributed by atoms with E-state index in [4.69, 9.17) is 9.47 Å². The summed E-state index contributed by atoms with van der Waals surface area (Å²) in [5.74, 6) is -2.65. The lowest BCUT2D eigenvalue weighted by atomic mass is 9.92. The van der Waals surface area contributed by atoms with Gasteiger partial charge >= 0.3 is 17.9 Å². The minimum atomic E-state index is -0.912. The van der Waals surface area contributed by atoms with Crippen molar-refractivity contribution in [3.63, 3.8) is 0 Å². The highest BCUT2D eigenvalue weighted by molar-refractivity contribution is 6.16. The molecule has 0 saturated carbocycles. The number of hydrogen-bond donors (Lipinski definition) is 0. The van der Waals surface area contributed by atoms with Gasteiger partial charge in [-0.2, -0.15) is 5.26 Å². The second kappa shape index (κ2) is 9.79. The second-order valence-corrected chi connectivity index (χ2v) is 5.02. The fraction of sp³-hybridized carbons (Fsp3) is 0.263. The Morgan fingerprint density at radius 2 is 1.69 bits per heavy atom. The first-order chi connectivity index (χ1) is 12.4. The number of benzene rings is 1. The fourth-order valence-electron chi connectivity index (χ4n) is 2.08. The van der Waals surface area contributed by atoms with Crippen molar-refractivity contribution in [3.05, 3.63) is 52.6 Å². The molecule has 0 aromatic heterocycles. The van der Waals surface area contributed by atoms with Crippen LogP contribution in [-0.2, 0) is 28.6 Å². The molecule has 0 amide bonds. The molecule has 0 aliphatic carbocycles. The summed E-state index contributed by atoms with van der Waals surface area (Å²) in [5.41, 5.74) is 0.535. The van der Waals surface area contributed by atoms with E-state index in [1.54, 1.807) is 37.3 Å². The monoisotopic (exact) mass is 357 g/mol. The normalized spacial score (nSPS) is 11.7. The second-order valence-electron chi connectivity index (χ2n) is 5.02. The molecular weight excluding hydrogens is 338 g/mol. The van der Waals surface area contributed by atoms with Crippen LogP contribution >= 0.6 is 0 Å². The number of hydrogen-bond acceptors (Lipinski definition) is 7. The van der Waals surface area contributed by atoms with Crippen LogP contribution in [0.2, 0.25) is 0 Å². The van der Waals surface area contributed by atoms with Crippen molar-refractivity contribution < 1.29 is 28.6 Å². The summed E-state index contributed by atoms with van der Waals surface area (Å²) in [6, 6.07) is 8.47. The molecule has 7 nitrogen and oxygen atoms in total. The van der Waals surface area contributed by atoms with E-state index in [1.807, 2.05) is 6.92 Å². The van der Waals surface area contributed by atoms with E-state index in [1.165, 1.54) is 0 Å². The highest BCUT2D eigenvalue weighted by atomic mass is 16.5.